The van der Waals surface area contributed by atoms with Crippen molar-refractivity contribution in [2.45, 2.75) is 38.0 Å². The number of rotatable bonds is 5. The predicted molar refractivity (Wildman–Crippen MR) is 63.2 cm³/mol. The van der Waals surface area contributed by atoms with E-state index in [1.807, 2.05) is 6.92 Å². The Morgan fingerprint density at radius 1 is 1.56 bits per heavy atom. The molecule has 2 unspecified atom stereocenters. The van der Waals surface area contributed by atoms with Crippen molar-refractivity contribution in [3.63, 3.8) is 0 Å². The Hall–Kier alpha value is -1.34. The van der Waals surface area contributed by atoms with Crippen molar-refractivity contribution in [3.8, 4) is 0 Å². The lowest BCUT2D eigenvalue weighted by Crippen LogP contribution is -2.50. The number of amides is 2. The van der Waals surface area contributed by atoms with E-state index in [4.69, 9.17) is 9.84 Å². The summed E-state index contributed by atoms with van der Waals surface area (Å²) in [5, 5.41) is 21.1. The van der Waals surface area contributed by atoms with Gasteiger partial charge >= 0.3 is 12.0 Å². The van der Waals surface area contributed by atoms with Gasteiger partial charge in [0.1, 0.15) is 6.04 Å². The number of carbonyl (C=O) groups excluding carboxylic acids is 1. The van der Waals surface area contributed by atoms with Crippen molar-refractivity contribution in [2.24, 2.45) is 0 Å². The maximum absolute atomic E-state index is 11.9. The molecule has 0 saturated carbocycles. The number of hydrogen-bond acceptors (Lipinski definition) is 4. The number of urea groups is 1. The average Bonchev–Trinajstić information content (AvgIpc) is 2.71. The van der Waals surface area contributed by atoms with Crippen LogP contribution in [0.1, 0.15) is 19.8 Å². The lowest BCUT2D eigenvalue weighted by molar-refractivity contribution is -0.141. The molecule has 1 rings (SSSR count). The molecule has 0 aromatic carbocycles. The number of nitrogens with one attached hydrogen (secondary N) is 1. The summed E-state index contributed by atoms with van der Waals surface area (Å²) in [6.45, 7) is 2.32. The standard InChI is InChI=1S/C11H20N2O5/c1-3-7(6-18-2)12-11(17)13-5-8(14)4-9(13)10(15)16/h7-9,14H,3-6H2,1-2H3,(H,12,17)(H,15,16)/t7?,8?,9-/m0/s1. The summed E-state index contributed by atoms with van der Waals surface area (Å²) in [5.41, 5.74) is 0. The van der Waals surface area contributed by atoms with Gasteiger partial charge in [0.15, 0.2) is 0 Å². The minimum atomic E-state index is -1.10. The van der Waals surface area contributed by atoms with Gasteiger partial charge in [-0.25, -0.2) is 9.59 Å². The largest absolute Gasteiger partial charge is 0.480 e. The topological polar surface area (TPSA) is 99.1 Å². The van der Waals surface area contributed by atoms with Gasteiger partial charge < -0.3 is 25.2 Å². The predicted octanol–water partition coefficient (Wildman–Crippen LogP) is -0.359. The van der Waals surface area contributed by atoms with E-state index in [0.717, 1.165) is 4.90 Å². The zero-order chi connectivity index (χ0) is 13.7. The van der Waals surface area contributed by atoms with Gasteiger partial charge in [-0.2, -0.15) is 0 Å². The molecule has 0 bridgehead atoms. The highest BCUT2D eigenvalue weighted by Crippen LogP contribution is 2.18. The molecule has 3 atom stereocenters. The van der Waals surface area contributed by atoms with Crippen LogP contribution in [-0.4, -0.2) is 65.6 Å². The maximum Gasteiger partial charge on any atom is 0.326 e. The molecule has 104 valence electrons. The summed E-state index contributed by atoms with van der Waals surface area (Å²) < 4.78 is 4.95. The number of carboxylic acid groups (broad SMARTS) is 1. The van der Waals surface area contributed by atoms with Gasteiger partial charge in [0, 0.05) is 20.1 Å². The van der Waals surface area contributed by atoms with E-state index in [9.17, 15) is 14.7 Å². The van der Waals surface area contributed by atoms with E-state index in [2.05, 4.69) is 5.32 Å². The highest BCUT2D eigenvalue weighted by atomic mass is 16.5. The molecule has 0 radical (unpaired) electrons. The summed E-state index contributed by atoms with van der Waals surface area (Å²) in [4.78, 5) is 24.1. The van der Waals surface area contributed by atoms with Gasteiger partial charge in [0.25, 0.3) is 0 Å². The number of methoxy groups -OCH3 is 1. The minimum Gasteiger partial charge on any atom is -0.480 e. The van der Waals surface area contributed by atoms with Crippen LogP contribution in [0.25, 0.3) is 0 Å². The lowest BCUT2D eigenvalue weighted by atomic mass is 10.2. The summed E-state index contributed by atoms with van der Waals surface area (Å²) in [6.07, 6.45) is -0.0169. The fraction of sp³-hybridized carbons (Fsp3) is 0.818. The van der Waals surface area contributed by atoms with Crippen LogP contribution in [0, 0.1) is 0 Å². The van der Waals surface area contributed by atoms with Crippen LogP contribution in [0.15, 0.2) is 0 Å². The molecule has 3 N–H and O–H groups in total. The first-order valence-electron chi connectivity index (χ1n) is 5.96. The van der Waals surface area contributed by atoms with Gasteiger partial charge in [-0.05, 0) is 6.42 Å². The van der Waals surface area contributed by atoms with E-state index in [-0.39, 0.29) is 19.0 Å². The second-order valence-electron chi connectivity index (χ2n) is 4.41. The van der Waals surface area contributed by atoms with Crippen LogP contribution in [0.5, 0.6) is 0 Å². The fourth-order valence-corrected chi connectivity index (χ4v) is 1.99. The molecule has 18 heavy (non-hydrogen) atoms. The smallest absolute Gasteiger partial charge is 0.326 e. The minimum absolute atomic E-state index is 0.0478. The molecular formula is C11H20N2O5. The number of carboxylic acids is 1. The van der Waals surface area contributed by atoms with Gasteiger partial charge in [-0.1, -0.05) is 6.92 Å². The average molecular weight is 260 g/mol. The molecule has 0 aromatic rings. The van der Waals surface area contributed by atoms with Crippen LogP contribution >= 0.6 is 0 Å². The van der Waals surface area contributed by atoms with Crippen LogP contribution in [0.3, 0.4) is 0 Å². The first-order valence-corrected chi connectivity index (χ1v) is 5.96. The number of aliphatic hydroxyl groups excluding tert-OH is 1. The summed E-state index contributed by atoms with van der Waals surface area (Å²) >= 11 is 0. The summed E-state index contributed by atoms with van der Waals surface area (Å²) in [6, 6.07) is -1.59. The molecule has 1 aliphatic rings. The zero-order valence-corrected chi connectivity index (χ0v) is 10.6. The number of aliphatic hydroxyl groups is 1. The van der Waals surface area contributed by atoms with E-state index in [1.165, 1.54) is 7.11 Å². The van der Waals surface area contributed by atoms with Crippen LogP contribution in [-0.2, 0) is 9.53 Å². The molecule has 7 nitrogen and oxygen atoms in total. The second kappa shape index (κ2) is 6.55. The SMILES string of the molecule is CCC(COC)NC(=O)N1CC(O)C[C@H]1C(=O)O. The number of ether oxygens (including phenoxy) is 1. The Bertz CT molecular complexity index is 310. The summed E-state index contributed by atoms with van der Waals surface area (Å²) in [5.74, 6) is -1.10. The Labute approximate surface area is 106 Å². The van der Waals surface area contributed by atoms with Crippen LogP contribution < -0.4 is 5.32 Å². The second-order valence-corrected chi connectivity index (χ2v) is 4.41. The fourth-order valence-electron chi connectivity index (χ4n) is 1.99. The third-order valence-electron chi connectivity index (χ3n) is 3.01. The molecule has 1 saturated heterocycles. The number of nitrogens with zero attached hydrogens (tertiary/aromatic N) is 1. The monoisotopic (exact) mass is 260 g/mol. The molecule has 1 aliphatic heterocycles. The van der Waals surface area contributed by atoms with Gasteiger partial charge in [-0.3, -0.25) is 0 Å². The highest BCUT2D eigenvalue weighted by molar-refractivity contribution is 5.83. The molecule has 0 spiro atoms. The first-order chi connectivity index (χ1) is 8.49. The number of hydrogen-bond donors (Lipinski definition) is 3. The zero-order valence-electron chi connectivity index (χ0n) is 10.6. The number of likely N-dealkylation sites (tertiary alicyclic amines) is 1. The van der Waals surface area contributed by atoms with E-state index in [1.54, 1.807) is 0 Å². The first kappa shape index (κ1) is 14.7. The Kier molecular flexibility index (Phi) is 5.36. The molecule has 2 amide bonds. The number of carbonyl (C=O) groups is 2. The van der Waals surface area contributed by atoms with Crippen LogP contribution in [0.2, 0.25) is 0 Å². The van der Waals surface area contributed by atoms with Crippen molar-refractivity contribution < 1.29 is 24.5 Å². The third kappa shape index (κ3) is 3.58. The normalized spacial score (nSPS) is 24.9. The van der Waals surface area contributed by atoms with E-state index in [0.29, 0.717) is 13.0 Å². The molecular weight excluding hydrogens is 240 g/mol. The van der Waals surface area contributed by atoms with Crippen molar-refractivity contribution in [3.05, 3.63) is 0 Å². The molecule has 1 fully saturated rings. The Morgan fingerprint density at radius 2 is 2.22 bits per heavy atom. The molecule has 0 aliphatic carbocycles. The van der Waals surface area contributed by atoms with Crippen molar-refractivity contribution in [2.75, 3.05) is 20.3 Å². The molecule has 1 heterocycles. The van der Waals surface area contributed by atoms with Crippen molar-refractivity contribution in [1.29, 1.82) is 0 Å². The highest BCUT2D eigenvalue weighted by Gasteiger charge is 2.39. The van der Waals surface area contributed by atoms with Crippen molar-refractivity contribution in [1.82, 2.24) is 10.2 Å². The Morgan fingerprint density at radius 3 is 2.72 bits per heavy atom. The Balaban J connectivity index is 2.61. The van der Waals surface area contributed by atoms with Gasteiger partial charge in [-0.15, -0.1) is 0 Å². The summed E-state index contributed by atoms with van der Waals surface area (Å²) in [7, 11) is 1.54. The number of aliphatic carboxylic acids is 1. The maximum atomic E-state index is 11.9. The molecule has 0 aromatic heterocycles. The van der Waals surface area contributed by atoms with Gasteiger partial charge in [0.2, 0.25) is 0 Å². The van der Waals surface area contributed by atoms with Crippen molar-refractivity contribution >= 4 is 12.0 Å². The molecule has 7 heteroatoms. The van der Waals surface area contributed by atoms with E-state index < -0.39 is 24.1 Å². The number of β-amino-alcohol motifs (C(OH)–C–C–N with tert-alkyl or cyclic N) is 1. The van der Waals surface area contributed by atoms with Crippen LogP contribution in [0.4, 0.5) is 4.79 Å². The van der Waals surface area contributed by atoms with E-state index >= 15 is 0 Å². The third-order valence-corrected chi connectivity index (χ3v) is 3.01. The quantitative estimate of drug-likeness (QED) is 0.627. The van der Waals surface area contributed by atoms with Gasteiger partial charge in [0.05, 0.1) is 18.8 Å². The lowest BCUT2D eigenvalue weighted by Gasteiger charge is -2.25.